The van der Waals surface area contributed by atoms with Crippen LogP contribution in [0.2, 0.25) is 36.3 Å². The summed E-state index contributed by atoms with van der Waals surface area (Å²) in [5.74, 6) is 1.79. The minimum absolute atomic E-state index is 0. The third-order valence-corrected chi connectivity index (χ3v) is 14.1. The minimum Gasteiger partial charge on any atom is -1.00 e. The molecule has 0 saturated carbocycles. The Morgan fingerprint density at radius 3 is 1.56 bits per heavy atom. The van der Waals surface area contributed by atoms with E-state index in [1.807, 2.05) is 18.2 Å². The zero-order valence-corrected chi connectivity index (χ0v) is 22.8. The topological polar surface area (TPSA) is 18.5 Å². The number of rotatable bonds is 4. The van der Waals surface area contributed by atoms with Gasteiger partial charge in [0.15, 0.2) is 0 Å². The molecule has 0 amide bonds. The molecule has 0 spiro atoms. The molecule has 0 heterocycles. The number of hydrogen-bond donors (Lipinski definition) is 0. The fraction of sp³-hybridized carbons (Fsp3) is 0.632. The molecule has 0 radical (unpaired) electrons. The predicted molar refractivity (Wildman–Crippen MR) is 112 cm³/mol. The molecule has 1 rings (SSSR count). The average Bonchev–Trinajstić information content (AvgIpc) is 2.29. The third-order valence-electron chi connectivity index (χ3n) is 5.38. The Kier molecular flexibility index (Phi) is 9.98. The zero-order valence-electron chi connectivity index (χ0n) is 17.8. The second kappa shape index (κ2) is 9.04. The first-order valence-electron chi connectivity index (χ1n) is 8.41. The van der Waals surface area contributed by atoms with Crippen LogP contribution in [-0.2, 0) is 0 Å². The predicted octanol–water partition coefficient (Wildman–Crippen LogP) is 3.26. The van der Waals surface area contributed by atoms with Crippen molar-refractivity contribution in [3.8, 4) is 11.5 Å². The van der Waals surface area contributed by atoms with Crippen LogP contribution in [0.4, 0.5) is 0 Å². The van der Waals surface area contributed by atoms with Gasteiger partial charge < -0.3 is 25.8 Å². The van der Waals surface area contributed by atoms with E-state index in [1.54, 1.807) is 0 Å². The Balaban J connectivity index is 0. The molecule has 0 bridgehead atoms. The van der Waals surface area contributed by atoms with Crippen LogP contribution in [0.3, 0.4) is 0 Å². The van der Waals surface area contributed by atoms with Crippen LogP contribution in [0.1, 0.15) is 47.1 Å². The van der Waals surface area contributed by atoms with E-state index in [1.165, 1.54) is 0 Å². The summed E-state index contributed by atoms with van der Waals surface area (Å²) in [6.45, 7) is 26.7. The summed E-state index contributed by atoms with van der Waals surface area (Å²) in [7, 11) is -3.67. The van der Waals surface area contributed by atoms with Gasteiger partial charge in [-0.05, 0) is 48.1 Å². The third kappa shape index (κ3) is 7.13. The standard InChI is InChI=1S/C19H35O2Si2.BrH.Mg/c1-15-14-16(20-22(8,9)18(2,3)4)12-13-17(15)21-23(10,11)19(5,6)7;;/h12-14H,1H2,2-11H3;1H;/q-1;;+2/p-1. The second-order valence-electron chi connectivity index (χ2n) is 9.49. The van der Waals surface area contributed by atoms with Crippen LogP contribution in [0, 0.1) is 6.92 Å². The first kappa shape index (κ1) is 27.6. The Morgan fingerprint density at radius 2 is 1.20 bits per heavy atom. The van der Waals surface area contributed by atoms with Crippen molar-refractivity contribution in [1.82, 2.24) is 0 Å². The molecule has 1 aromatic rings. The van der Waals surface area contributed by atoms with Crippen molar-refractivity contribution in [3.05, 3.63) is 30.7 Å². The molecule has 0 N–H and O–H groups in total. The Labute approximate surface area is 184 Å². The smallest absolute Gasteiger partial charge is 1.00 e. The average molecular weight is 456 g/mol. The maximum atomic E-state index is 6.38. The van der Waals surface area contributed by atoms with Crippen molar-refractivity contribution in [3.63, 3.8) is 0 Å². The Morgan fingerprint density at radius 1 is 0.800 bits per heavy atom. The summed E-state index contributed by atoms with van der Waals surface area (Å²) in [4.78, 5) is 0. The van der Waals surface area contributed by atoms with Gasteiger partial charge in [0.2, 0.25) is 16.6 Å². The van der Waals surface area contributed by atoms with Crippen molar-refractivity contribution >= 4 is 39.7 Å². The van der Waals surface area contributed by atoms with Gasteiger partial charge >= 0.3 is 23.1 Å². The first-order valence-corrected chi connectivity index (χ1v) is 14.2. The van der Waals surface area contributed by atoms with E-state index in [4.69, 9.17) is 8.85 Å². The van der Waals surface area contributed by atoms with Crippen LogP contribution >= 0.6 is 0 Å². The molecule has 0 atom stereocenters. The molecule has 140 valence electrons. The van der Waals surface area contributed by atoms with Crippen LogP contribution in [0.15, 0.2) is 18.2 Å². The number of benzene rings is 1. The monoisotopic (exact) mass is 454 g/mol. The molecule has 0 unspecified atom stereocenters. The fourth-order valence-corrected chi connectivity index (χ4v) is 3.67. The summed E-state index contributed by atoms with van der Waals surface area (Å²) in [5, 5.41) is 0.362. The van der Waals surface area contributed by atoms with Gasteiger partial charge in [0.1, 0.15) is 0 Å². The molecule has 0 aliphatic rings. The minimum atomic E-state index is -1.84. The van der Waals surface area contributed by atoms with E-state index in [0.717, 1.165) is 17.1 Å². The second-order valence-corrected chi connectivity index (χ2v) is 18.9. The van der Waals surface area contributed by atoms with Crippen molar-refractivity contribution in [2.45, 2.75) is 77.8 Å². The first-order chi connectivity index (χ1) is 10.1. The fourth-order valence-electron chi connectivity index (χ4n) is 1.59. The molecule has 0 fully saturated rings. The molecule has 0 saturated heterocycles. The van der Waals surface area contributed by atoms with E-state index in [2.05, 4.69) is 74.7 Å². The van der Waals surface area contributed by atoms with E-state index in [9.17, 15) is 0 Å². The number of halogens is 1. The molecule has 0 aliphatic carbocycles. The van der Waals surface area contributed by atoms with E-state index >= 15 is 0 Å². The summed E-state index contributed by atoms with van der Waals surface area (Å²) >= 11 is 0. The van der Waals surface area contributed by atoms with Crippen LogP contribution in [0.5, 0.6) is 11.5 Å². The molecular weight excluding hydrogens is 421 g/mol. The summed E-state index contributed by atoms with van der Waals surface area (Å²) < 4.78 is 12.7. The van der Waals surface area contributed by atoms with Crippen LogP contribution in [-0.4, -0.2) is 39.7 Å². The van der Waals surface area contributed by atoms with E-state index in [-0.39, 0.29) is 50.1 Å². The number of hydrogen-bond acceptors (Lipinski definition) is 2. The Bertz CT molecular complexity index is 562. The van der Waals surface area contributed by atoms with E-state index < -0.39 is 16.6 Å². The van der Waals surface area contributed by atoms with Gasteiger partial charge in [-0.3, -0.25) is 0 Å². The van der Waals surface area contributed by atoms with E-state index in [0.29, 0.717) is 0 Å². The SMILES string of the molecule is [Br-].[CH2-]c1cc(O[Si](C)(C)C(C)(C)C)ccc1O[Si](C)(C)C(C)(C)C.[Mg+2]. The molecule has 0 aliphatic heterocycles. The quantitative estimate of drug-likeness (QED) is 0.512. The molecule has 6 heteroatoms. The normalized spacial score (nSPS) is 12.7. The summed E-state index contributed by atoms with van der Waals surface area (Å²) in [5.41, 5.74) is 0.908. The molecule has 2 nitrogen and oxygen atoms in total. The van der Waals surface area contributed by atoms with Crippen molar-refractivity contribution in [2.24, 2.45) is 0 Å². The largest absolute Gasteiger partial charge is 2.00 e. The van der Waals surface area contributed by atoms with Crippen LogP contribution < -0.4 is 25.8 Å². The summed E-state index contributed by atoms with van der Waals surface area (Å²) in [6, 6.07) is 6.06. The zero-order chi connectivity index (χ0) is 18.3. The van der Waals surface area contributed by atoms with Gasteiger partial charge in [0, 0.05) is 5.75 Å². The summed E-state index contributed by atoms with van der Waals surface area (Å²) in [6.07, 6.45) is 0. The van der Waals surface area contributed by atoms with Crippen LogP contribution in [0.25, 0.3) is 0 Å². The maximum absolute atomic E-state index is 6.38. The van der Waals surface area contributed by atoms with Crippen molar-refractivity contribution in [2.75, 3.05) is 0 Å². The molecular formula is C19H35BrMgO2Si2. The molecule has 25 heavy (non-hydrogen) atoms. The van der Waals surface area contributed by atoms with Gasteiger partial charge in [-0.2, -0.15) is 12.5 Å². The van der Waals surface area contributed by atoms with Gasteiger partial charge in [-0.15, -0.1) is 6.07 Å². The molecule has 1 aromatic carbocycles. The van der Waals surface area contributed by atoms with Crippen molar-refractivity contribution in [1.29, 1.82) is 0 Å². The Hall–Kier alpha value is 0.370. The van der Waals surface area contributed by atoms with Gasteiger partial charge in [-0.1, -0.05) is 47.6 Å². The van der Waals surface area contributed by atoms with Gasteiger partial charge in [-0.25, -0.2) is 0 Å². The maximum Gasteiger partial charge on any atom is 2.00 e. The van der Waals surface area contributed by atoms with Crippen molar-refractivity contribution < 1.29 is 25.8 Å². The molecule has 0 aromatic heterocycles. The van der Waals surface area contributed by atoms with Gasteiger partial charge in [0.25, 0.3) is 0 Å². The van der Waals surface area contributed by atoms with Gasteiger partial charge in [0.05, 0.1) is 0 Å².